The van der Waals surface area contributed by atoms with Crippen LogP contribution in [0.25, 0.3) is 0 Å². The SMILES string of the molecule is Cc1ccc(N2C(=O)N(c3ccc(C)cc3)C(=O)C3(Cc4c(Cl)cccc4N4CCC[C@@H]43)C2=O)cc1. The molecule has 6 rings (SSSR count). The van der Waals surface area contributed by atoms with Crippen molar-refractivity contribution < 1.29 is 14.4 Å². The number of benzene rings is 3. The average molecular weight is 500 g/mol. The van der Waals surface area contributed by atoms with Gasteiger partial charge in [0.1, 0.15) is 0 Å². The van der Waals surface area contributed by atoms with Gasteiger partial charge in [-0.05, 0) is 68.7 Å². The third kappa shape index (κ3) is 3.14. The molecule has 4 amide bonds. The monoisotopic (exact) mass is 499 g/mol. The topological polar surface area (TPSA) is 60.9 Å². The summed E-state index contributed by atoms with van der Waals surface area (Å²) in [6.45, 7) is 4.62. The number of halogens is 1. The van der Waals surface area contributed by atoms with Crippen molar-refractivity contribution >= 4 is 46.5 Å². The molecule has 1 spiro atoms. The van der Waals surface area contributed by atoms with Crippen molar-refractivity contribution in [3.8, 4) is 0 Å². The summed E-state index contributed by atoms with van der Waals surface area (Å²) in [4.78, 5) is 47.4. The normalized spacial score (nSPS) is 20.7. The molecule has 1 atom stereocenters. The maximum atomic E-state index is 14.5. The summed E-state index contributed by atoms with van der Waals surface area (Å²) in [7, 11) is 0. The lowest BCUT2D eigenvalue weighted by atomic mass is 9.68. The van der Waals surface area contributed by atoms with Crippen LogP contribution >= 0.6 is 11.6 Å². The van der Waals surface area contributed by atoms with E-state index in [9.17, 15) is 14.4 Å². The zero-order chi connectivity index (χ0) is 25.2. The van der Waals surface area contributed by atoms with Crippen LogP contribution in [0.3, 0.4) is 0 Å². The molecule has 3 aromatic carbocycles. The number of fused-ring (bicyclic) bond motifs is 4. The predicted molar refractivity (Wildman–Crippen MR) is 141 cm³/mol. The second-order valence-electron chi connectivity index (χ2n) is 9.97. The molecule has 0 bridgehead atoms. The van der Waals surface area contributed by atoms with E-state index in [4.69, 9.17) is 11.6 Å². The van der Waals surface area contributed by atoms with Crippen molar-refractivity contribution in [3.05, 3.63) is 88.4 Å². The molecule has 3 aliphatic heterocycles. The number of anilines is 3. The van der Waals surface area contributed by atoms with E-state index in [2.05, 4.69) is 4.90 Å². The first-order chi connectivity index (χ1) is 17.3. The summed E-state index contributed by atoms with van der Waals surface area (Å²) in [5.41, 5.74) is 3.20. The number of urea groups is 1. The summed E-state index contributed by atoms with van der Waals surface area (Å²) in [6.07, 6.45) is 1.68. The number of carbonyl (C=O) groups is 3. The lowest BCUT2D eigenvalue weighted by Crippen LogP contribution is -2.72. The first-order valence-electron chi connectivity index (χ1n) is 12.2. The quantitative estimate of drug-likeness (QED) is 0.426. The number of carbonyl (C=O) groups excluding carboxylic acids is 3. The molecule has 0 radical (unpaired) electrons. The van der Waals surface area contributed by atoms with E-state index in [1.54, 1.807) is 30.3 Å². The highest BCUT2D eigenvalue weighted by Gasteiger charge is 2.65. The van der Waals surface area contributed by atoms with E-state index in [-0.39, 0.29) is 12.5 Å². The second-order valence-corrected chi connectivity index (χ2v) is 10.4. The smallest absolute Gasteiger partial charge is 0.342 e. The first kappa shape index (κ1) is 22.8. The fourth-order valence-corrected chi connectivity index (χ4v) is 6.24. The van der Waals surface area contributed by atoms with Crippen LogP contribution in [-0.2, 0) is 16.0 Å². The lowest BCUT2D eigenvalue weighted by Gasteiger charge is -2.52. The molecule has 2 fully saturated rings. The Morgan fingerprint density at radius 3 is 1.92 bits per heavy atom. The maximum Gasteiger partial charge on any atom is 0.342 e. The van der Waals surface area contributed by atoms with Crippen LogP contribution in [0.1, 0.15) is 29.5 Å². The number of rotatable bonds is 2. The largest absolute Gasteiger partial charge is 0.367 e. The van der Waals surface area contributed by atoms with Crippen LogP contribution in [0.2, 0.25) is 5.02 Å². The minimum absolute atomic E-state index is 0.152. The molecule has 7 heteroatoms. The van der Waals surface area contributed by atoms with Gasteiger partial charge < -0.3 is 4.90 Å². The summed E-state index contributed by atoms with van der Waals surface area (Å²) < 4.78 is 0. The second kappa shape index (κ2) is 8.20. The molecular weight excluding hydrogens is 474 g/mol. The van der Waals surface area contributed by atoms with Gasteiger partial charge in [0.2, 0.25) is 0 Å². The van der Waals surface area contributed by atoms with Crippen molar-refractivity contribution in [2.75, 3.05) is 21.2 Å². The van der Waals surface area contributed by atoms with Crippen LogP contribution < -0.4 is 14.7 Å². The Bertz CT molecular complexity index is 1330. The number of aryl methyl sites for hydroxylation is 2. The van der Waals surface area contributed by atoms with E-state index in [1.807, 2.05) is 50.2 Å². The van der Waals surface area contributed by atoms with E-state index < -0.39 is 23.3 Å². The van der Waals surface area contributed by atoms with Gasteiger partial charge in [0.25, 0.3) is 11.8 Å². The van der Waals surface area contributed by atoms with Crippen LogP contribution in [0.5, 0.6) is 0 Å². The highest BCUT2D eigenvalue weighted by atomic mass is 35.5. The summed E-state index contributed by atoms with van der Waals surface area (Å²) in [6, 6.07) is 19.2. The van der Waals surface area contributed by atoms with Gasteiger partial charge in [-0.15, -0.1) is 0 Å². The summed E-state index contributed by atoms with van der Waals surface area (Å²) in [5, 5.41) is 0.526. The third-order valence-electron chi connectivity index (χ3n) is 7.82. The van der Waals surface area contributed by atoms with Gasteiger partial charge in [-0.3, -0.25) is 9.59 Å². The Morgan fingerprint density at radius 1 is 0.806 bits per heavy atom. The van der Waals surface area contributed by atoms with Gasteiger partial charge in [-0.25, -0.2) is 14.6 Å². The number of hydrogen-bond donors (Lipinski definition) is 0. The predicted octanol–water partition coefficient (Wildman–Crippen LogP) is 5.67. The van der Waals surface area contributed by atoms with Gasteiger partial charge in [0.05, 0.1) is 17.4 Å². The molecule has 36 heavy (non-hydrogen) atoms. The Hall–Kier alpha value is -3.64. The summed E-state index contributed by atoms with van der Waals surface area (Å²) in [5.74, 6) is -0.959. The van der Waals surface area contributed by atoms with Crippen molar-refractivity contribution in [1.82, 2.24) is 0 Å². The van der Waals surface area contributed by atoms with Crippen molar-refractivity contribution in [2.45, 2.75) is 39.2 Å². The minimum atomic E-state index is -1.47. The van der Waals surface area contributed by atoms with Gasteiger partial charge in [-0.1, -0.05) is 53.1 Å². The number of hydrogen-bond acceptors (Lipinski definition) is 4. The zero-order valence-electron chi connectivity index (χ0n) is 20.2. The van der Waals surface area contributed by atoms with E-state index in [0.717, 1.165) is 35.3 Å². The molecule has 0 aliphatic carbocycles. The molecule has 0 N–H and O–H groups in total. The third-order valence-corrected chi connectivity index (χ3v) is 8.17. The highest BCUT2D eigenvalue weighted by Crippen LogP contribution is 2.52. The number of imide groups is 2. The molecule has 3 aromatic rings. The molecule has 3 heterocycles. The fraction of sp³-hybridized carbons (Fsp3) is 0.276. The van der Waals surface area contributed by atoms with Crippen LogP contribution in [-0.4, -0.2) is 30.4 Å². The number of amides is 4. The van der Waals surface area contributed by atoms with Crippen LogP contribution in [0.4, 0.5) is 21.9 Å². The molecule has 0 unspecified atom stereocenters. The molecule has 182 valence electrons. The maximum absolute atomic E-state index is 14.5. The molecule has 0 saturated carbocycles. The molecule has 2 saturated heterocycles. The Labute approximate surface area is 215 Å². The average Bonchev–Trinajstić information content (AvgIpc) is 3.37. The number of nitrogens with zero attached hydrogens (tertiary/aromatic N) is 3. The van der Waals surface area contributed by atoms with E-state index in [0.29, 0.717) is 22.8 Å². The molecular formula is C29H26ClN3O3. The minimum Gasteiger partial charge on any atom is -0.367 e. The van der Waals surface area contributed by atoms with Crippen LogP contribution in [0, 0.1) is 19.3 Å². The standard InChI is InChI=1S/C29H26ClN3O3/c1-18-8-12-20(13-9-18)32-26(34)29(27(35)33(28(32)36)21-14-10-19(2)11-15-21)17-22-23(30)5-3-6-24(22)31-16-4-7-25(29)31/h3,5-6,8-15,25H,4,7,16-17H2,1-2H3/t25-/m1/s1. The van der Waals surface area contributed by atoms with Gasteiger partial charge in [0.15, 0.2) is 5.41 Å². The van der Waals surface area contributed by atoms with Crippen molar-refractivity contribution in [3.63, 3.8) is 0 Å². The zero-order valence-corrected chi connectivity index (χ0v) is 21.0. The fourth-order valence-electron chi connectivity index (χ4n) is 6.00. The molecule has 0 aromatic heterocycles. The Balaban J connectivity index is 1.59. The van der Waals surface area contributed by atoms with Gasteiger partial charge in [0, 0.05) is 23.7 Å². The Kier molecular flexibility index (Phi) is 5.20. The lowest BCUT2D eigenvalue weighted by molar-refractivity contribution is -0.142. The van der Waals surface area contributed by atoms with Gasteiger partial charge in [-0.2, -0.15) is 0 Å². The summed E-state index contributed by atoms with van der Waals surface area (Å²) >= 11 is 6.66. The first-order valence-corrected chi connectivity index (χ1v) is 12.6. The number of barbiturate groups is 1. The highest BCUT2D eigenvalue weighted by molar-refractivity contribution is 6.39. The molecule has 6 nitrogen and oxygen atoms in total. The van der Waals surface area contributed by atoms with Gasteiger partial charge >= 0.3 is 6.03 Å². The molecule has 3 aliphatic rings. The Morgan fingerprint density at radius 2 is 1.36 bits per heavy atom. The van der Waals surface area contributed by atoms with Crippen LogP contribution in [0.15, 0.2) is 66.7 Å². The van der Waals surface area contributed by atoms with Crippen molar-refractivity contribution in [1.29, 1.82) is 0 Å². The van der Waals surface area contributed by atoms with E-state index >= 15 is 0 Å². The van der Waals surface area contributed by atoms with E-state index in [1.165, 1.54) is 9.80 Å². The van der Waals surface area contributed by atoms with Crippen molar-refractivity contribution in [2.24, 2.45) is 5.41 Å².